The third kappa shape index (κ3) is 7.60. The molecule has 1 aliphatic rings. The van der Waals surface area contributed by atoms with Crippen LogP contribution in [0.4, 0.5) is 4.79 Å². The molecule has 7 nitrogen and oxygen atoms in total. The summed E-state index contributed by atoms with van der Waals surface area (Å²) in [5, 5.41) is 11.8. The van der Waals surface area contributed by atoms with Crippen molar-refractivity contribution in [3.63, 3.8) is 0 Å². The average molecular weight is 715 g/mol. The zero-order valence-electron chi connectivity index (χ0n) is 31.6. The van der Waals surface area contributed by atoms with Gasteiger partial charge in [0.2, 0.25) is 0 Å². The van der Waals surface area contributed by atoms with Crippen LogP contribution in [-0.2, 0) is 0 Å². The molecule has 1 aliphatic heterocycles. The molecule has 0 radical (unpaired) electrons. The zero-order chi connectivity index (χ0) is 36.4. The third-order valence-electron chi connectivity index (χ3n) is 9.72. The van der Waals surface area contributed by atoms with E-state index < -0.39 is 15.8 Å². The molecule has 0 aromatic heterocycles. The SMILES string of the molecule is COc1c(C)cc(P(C[C@H]2NC(=O)N[C@@H]2CP(c2cc(C)c(OC)c(C)c2)c2cc(C)c(OC)c(C)c2)c2cc(C)c(OC)c(C)c2)cc1C. The summed E-state index contributed by atoms with van der Waals surface area (Å²) in [5.74, 6) is 3.67. The lowest BCUT2D eigenvalue weighted by atomic mass is 10.1. The highest BCUT2D eigenvalue weighted by atomic mass is 31.1. The fraction of sp³-hybridized carbons (Fsp3) is 0.390. The lowest BCUT2D eigenvalue weighted by molar-refractivity contribution is 0.247. The molecule has 2 amide bonds. The van der Waals surface area contributed by atoms with Gasteiger partial charge in [0.05, 0.1) is 40.5 Å². The summed E-state index contributed by atoms with van der Waals surface area (Å²) in [6, 6.07) is 17.9. The van der Waals surface area contributed by atoms with Gasteiger partial charge in [-0.2, -0.15) is 0 Å². The van der Waals surface area contributed by atoms with E-state index in [1.165, 1.54) is 21.2 Å². The minimum absolute atomic E-state index is 0.0788. The Balaban J connectivity index is 1.60. The van der Waals surface area contributed by atoms with Gasteiger partial charge in [-0.15, -0.1) is 0 Å². The number of amides is 2. The van der Waals surface area contributed by atoms with E-state index >= 15 is 0 Å². The number of benzene rings is 4. The minimum Gasteiger partial charge on any atom is -0.496 e. The average Bonchev–Trinajstić information content (AvgIpc) is 3.39. The van der Waals surface area contributed by atoms with Crippen molar-refractivity contribution in [3.8, 4) is 23.0 Å². The van der Waals surface area contributed by atoms with Crippen molar-refractivity contribution in [1.29, 1.82) is 0 Å². The van der Waals surface area contributed by atoms with Gasteiger partial charge in [0.15, 0.2) is 0 Å². The first-order valence-corrected chi connectivity index (χ1v) is 20.1. The van der Waals surface area contributed by atoms with E-state index in [1.807, 2.05) is 0 Å². The van der Waals surface area contributed by atoms with E-state index in [0.717, 1.165) is 79.8 Å². The van der Waals surface area contributed by atoms with Gasteiger partial charge in [0, 0.05) is 0 Å². The molecule has 0 bridgehead atoms. The van der Waals surface area contributed by atoms with Crippen molar-refractivity contribution in [3.05, 3.63) is 93.0 Å². The summed E-state index contributed by atoms with van der Waals surface area (Å²) >= 11 is 0. The van der Waals surface area contributed by atoms with Crippen molar-refractivity contribution >= 4 is 43.1 Å². The highest BCUT2D eigenvalue weighted by Crippen LogP contribution is 2.43. The molecule has 9 heteroatoms. The monoisotopic (exact) mass is 714 g/mol. The first kappa shape index (κ1) is 37.5. The Morgan fingerprint density at radius 1 is 0.440 bits per heavy atom. The lowest BCUT2D eigenvalue weighted by Crippen LogP contribution is -2.41. The Morgan fingerprint density at radius 3 is 0.820 bits per heavy atom. The topological polar surface area (TPSA) is 78.1 Å². The number of rotatable bonds is 12. The van der Waals surface area contributed by atoms with E-state index in [2.05, 4.69) is 115 Å². The Kier molecular flexibility index (Phi) is 11.7. The third-order valence-corrected chi connectivity index (χ3v) is 14.8. The second-order valence-corrected chi connectivity index (χ2v) is 18.0. The van der Waals surface area contributed by atoms with Crippen molar-refractivity contribution in [2.45, 2.75) is 67.5 Å². The predicted molar refractivity (Wildman–Crippen MR) is 211 cm³/mol. The van der Waals surface area contributed by atoms with Crippen LogP contribution < -0.4 is 50.8 Å². The normalized spacial score (nSPS) is 15.7. The van der Waals surface area contributed by atoms with Crippen LogP contribution in [0.1, 0.15) is 44.5 Å². The fourth-order valence-corrected chi connectivity index (χ4v) is 13.4. The van der Waals surface area contributed by atoms with Crippen molar-refractivity contribution in [2.24, 2.45) is 0 Å². The maximum absolute atomic E-state index is 13.3. The Morgan fingerprint density at radius 2 is 0.640 bits per heavy atom. The van der Waals surface area contributed by atoms with Gasteiger partial charge in [0.1, 0.15) is 23.0 Å². The Bertz CT molecular complexity index is 1560. The van der Waals surface area contributed by atoms with Gasteiger partial charge in [-0.25, -0.2) is 4.79 Å². The number of urea groups is 1. The van der Waals surface area contributed by atoms with Crippen LogP contribution in [-0.4, -0.2) is 58.9 Å². The molecule has 0 spiro atoms. The highest BCUT2D eigenvalue weighted by molar-refractivity contribution is 7.73. The molecule has 2 atom stereocenters. The molecule has 4 aromatic carbocycles. The molecule has 2 N–H and O–H groups in total. The fourth-order valence-electron chi connectivity index (χ4n) is 7.66. The Hall–Kier alpha value is -3.79. The van der Waals surface area contributed by atoms with E-state index in [0.29, 0.717) is 0 Å². The number of carbonyl (C=O) groups is 1. The molecule has 1 fully saturated rings. The van der Waals surface area contributed by atoms with E-state index in [1.54, 1.807) is 28.4 Å². The molecule has 1 heterocycles. The summed E-state index contributed by atoms with van der Waals surface area (Å²) in [7, 11) is 5.19. The van der Waals surface area contributed by atoms with E-state index in [9.17, 15) is 4.79 Å². The standard InChI is InChI=1S/C41H52N2O5P2/c1-23-13-31(14-24(2)37(23)45-9)49(32-15-25(3)38(46-10)26(4)16-32)21-35-36(43-41(44)42-35)22-50(33-17-27(5)39(47-11)28(6)18-33)34-19-29(7)40(48-12)30(8)20-34/h13-20,35-36H,21-22H2,1-12H3,(H2,42,43,44)/t35-,36-/m1/s1. The molecule has 0 aliphatic carbocycles. The molecular weight excluding hydrogens is 662 g/mol. The molecule has 0 unspecified atom stereocenters. The second kappa shape index (κ2) is 15.6. The molecular formula is C41H52N2O5P2. The van der Waals surface area contributed by atoms with Crippen LogP contribution in [0.3, 0.4) is 0 Å². The smallest absolute Gasteiger partial charge is 0.315 e. The molecule has 5 rings (SSSR count). The Labute approximate surface area is 301 Å². The number of hydrogen-bond donors (Lipinski definition) is 2. The minimum atomic E-state index is -0.866. The molecule has 0 saturated carbocycles. The number of methoxy groups -OCH3 is 4. The highest BCUT2D eigenvalue weighted by Gasteiger charge is 2.37. The lowest BCUT2D eigenvalue weighted by Gasteiger charge is -2.30. The maximum atomic E-state index is 13.3. The summed E-state index contributed by atoms with van der Waals surface area (Å²) < 4.78 is 23.0. The number of aryl methyl sites for hydroxylation is 8. The summed E-state index contributed by atoms with van der Waals surface area (Å²) in [6.45, 7) is 16.9. The van der Waals surface area contributed by atoms with E-state index in [4.69, 9.17) is 18.9 Å². The number of nitrogens with one attached hydrogen (secondary N) is 2. The quantitative estimate of drug-likeness (QED) is 0.158. The van der Waals surface area contributed by atoms with Crippen LogP contribution >= 0.6 is 15.8 Å². The maximum Gasteiger partial charge on any atom is 0.315 e. The summed E-state index contributed by atoms with van der Waals surface area (Å²) in [4.78, 5) is 13.3. The van der Waals surface area contributed by atoms with Gasteiger partial charge in [0.25, 0.3) is 0 Å². The predicted octanol–water partition coefficient (Wildman–Crippen LogP) is 6.80. The summed E-state index contributed by atoms with van der Waals surface area (Å²) in [5.41, 5.74) is 8.90. The molecule has 50 heavy (non-hydrogen) atoms. The molecule has 4 aromatic rings. The van der Waals surface area contributed by atoms with Crippen molar-refractivity contribution < 1.29 is 23.7 Å². The number of ether oxygens (including phenoxy) is 4. The van der Waals surface area contributed by atoms with Crippen LogP contribution in [0.25, 0.3) is 0 Å². The van der Waals surface area contributed by atoms with Crippen LogP contribution in [0.15, 0.2) is 48.5 Å². The van der Waals surface area contributed by atoms with Gasteiger partial charge in [-0.05, 0) is 198 Å². The van der Waals surface area contributed by atoms with Gasteiger partial charge >= 0.3 is 6.03 Å². The van der Waals surface area contributed by atoms with Crippen LogP contribution in [0, 0.1) is 55.4 Å². The van der Waals surface area contributed by atoms with Crippen molar-refractivity contribution in [2.75, 3.05) is 40.8 Å². The van der Waals surface area contributed by atoms with Gasteiger partial charge in [-0.3, -0.25) is 0 Å². The summed E-state index contributed by atoms with van der Waals surface area (Å²) in [6.07, 6.45) is 1.58. The van der Waals surface area contributed by atoms with Gasteiger partial charge < -0.3 is 29.6 Å². The van der Waals surface area contributed by atoms with Crippen LogP contribution in [0.5, 0.6) is 23.0 Å². The number of carbonyl (C=O) groups excluding carboxylic acids is 1. The molecule has 266 valence electrons. The zero-order valence-corrected chi connectivity index (χ0v) is 33.4. The van der Waals surface area contributed by atoms with Gasteiger partial charge in [-0.1, -0.05) is 0 Å². The van der Waals surface area contributed by atoms with Crippen LogP contribution in [0.2, 0.25) is 0 Å². The largest absolute Gasteiger partial charge is 0.496 e. The number of hydrogen-bond acceptors (Lipinski definition) is 5. The van der Waals surface area contributed by atoms with Crippen molar-refractivity contribution in [1.82, 2.24) is 10.6 Å². The first-order chi connectivity index (χ1) is 23.8. The van der Waals surface area contributed by atoms with E-state index in [-0.39, 0.29) is 18.1 Å². The molecule has 1 saturated heterocycles. The first-order valence-electron chi connectivity index (χ1n) is 17.0. The second-order valence-electron chi connectivity index (χ2n) is 13.5.